The van der Waals surface area contributed by atoms with Gasteiger partial charge in [0.2, 0.25) is 5.91 Å². The fraction of sp³-hybridized carbons (Fsp3) is 0.333. The number of amides is 1. The van der Waals surface area contributed by atoms with Crippen molar-refractivity contribution in [3.8, 4) is 0 Å². The third-order valence-corrected chi connectivity index (χ3v) is 5.29. The second kappa shape index (κ2) is 8.20. The first-order valence-electron chi connectivity index (χ1n) is 9.26. The standard InChI is InChI=1S/C18H19ClN8O3/c1-24-17-13(9-22-24)18(21-11-20-17)26-6-4-25(5-7-26)10-16(28)23-12-2-3-14(19)15(8-12)27(29)30/h2-3,8-9,11H,4-7,10H2,1H3,(H,23,28). The average Bonchev–Trinajstić information content (AvgIpc) is 3.11. The lowest BCUT2D eigenvalue weighted by Crippen LogP contribution is -2.49. The molecular weight excluding hydrogens is 412 g/mol. The molecule has 11 nitrogen and oxygen atoms in total. The maximum Gasteiger partial charge on any atom is 0.289 e. The lowest BCUT2D eigenvalue weighted by molar-refractivity contribution is -0.384. The van der Waals surface area contributed by atoms with Crippen LogP contribution in [0, 0.1) is 10.1 Å². The summed E-state index contributed by atoms with van der Waals surface area (Å²) in [6.07, 6.45) is 3.29. The molecule has 0 aliphatic carbocycles. The molecule has 0 saturated carbocycles. The molecule has 0 bridgehead atoms. The van der Waals surface area contributed by atoms with Crippen molar-refractivity contribution in [2.24, 2.45) is 7.05 Å². The molecule has 3 aromatic rings. The van der Waals surface area contributed by atoms with Crippen molar-refractivity contribution >= 4 is 45.7 Å². The molecule has 1 amide bonds. The number of nitro groups is 1. The van der Waals surface area contributed by atoms with Crippen molar-refractivity contribution in [1.82, 2.24) is 24.6 Å². The number of nitrogens with zero attached hydrogens (tertiary/aromatic N) is 7. The normalized spacial score (nSPS) is 14.8. The quantitative estimate of drug-likeness (QED) is 0.479. The fourth-order valence-corrected chi connectivity index (χ4v) is 3.64. The highest BCUT2D eigenvalue weighted by Gasteiger charge is 2.22. The number of hydrogen-bond acceptors (Lipinski definition) is 8. The van der Waals surface area contributed by atoms with Crippen LogP contribution in [0.4, 0.5) is 17.2 Å². The smallest absolute Gasteiger partial charge is 0.289 e. The van der Waals surface area contributed by atoms with Gasteiger partial charge in [-0.05, 0) is 12.1 Å². The third kappa shape index (κ3) is 4.02. The monoisotopic (exact) mass is 430 g/mol. The van der Waals surface area contributed by atoms with E-state index in [1.165, 1.54) is 18.5 Å². The number of aryl methyl sites for hydroxylation is 1. The number of carbonyl (C=O) groups is 1. The highest BCUT2D eigenvalue weighted by atomic mass is 35.5. The summed E-state index contributed by atoms with van der Waals surface area (Å²) in [4.78, 5) is 35.6. The van der Waals surface area contributed by atoms with Gasteiger partial charge < -0.3 is 10.2 Å². The van der Waals surface area contributed by atoms with Crippen LogP contribution in [0.2, 0.25) is 5.02 Å². The zero-order chi connectivity index (χ0) is 21.3. The number of rotatable bonds is 5. The molecule has 4 rings (SSSR count). The van der Waals surface area contributed by atoms with E-state index in [2.05, 4.69) is 25.3 Å². The molecule has 0 atom stereocenters. The minimum absolute atomic E-state index is 0.0292. The van der Waals surface area contributed by atoms with Gasteiger partial charge >= 0.3 is 0 Å². The summed E-state index contributed by atoms with van der Waals surface area (Å²) in [7, 11) is 1.84. The maximum absolute atomic E-state index is 12.4. The number of aromatic nitrogens is 4. The predicted molar refractivity (Wildman–Crippen MR) is 112 cm³/mol. The number of nitro benzene ring substituents is 1. The summed E-state index contributed by atoms with van der Waals surface area (Å²) in [5.41, 5.74) is 0.878. The Labute approximate surface area is 176 Å². The van der Waals surface area contributed by atoms with Crippen molar-refractivity contribution in [3.05, 3.63) is 45.9 Å². The zero-order valence-electron chi connectivity index (χ0n) is 16.2. The minimum atomic E-state index is -0.580. The van der Waals surface area contributed by atoms with Crippen LogP contribution in [-0.2, 0) is 11.8 Å². The highest BCUT2D eigenvalue weighted by Crippen LogP contribution is 2.27. The number of anilines is 2. The van der Waals surface area contributed by atoms with E-state index in [9.17, 15) is 14.9 Å². The highest BCUT2D eigenvalue weighted by molar-refractivity contribution is 6.32. The van der Waals surface area contributed by atoms with Crippen LogP contribution in [0.25, 0.3) is 11.0 Å². The Morgan fingerprint density at radius 1 is 1.27 bits per heavy atom. The molecule has 1 N–H and O–H groups in total. The Bertz CT molecular complexity index is 1110. The Morgan fingerprint density at radius 3 is 2.77 bits per heavy atom. The van der Waals surface area contributed by atoms with Crippen molar-refractivity contribution < 1.29 is 9.72 Å². The van der Waals surface area contributed by atoms with E-state index in [0.717, 1.165) is 16.9 Å². The van der Waals surface area contributed by atoms with Gasteiger partial charge in [-0.25, -0.2) is 9.97 Å². The molecule has 1 aromatic carbocycles. The number of hydrogen-bond donors (Lipinski definition) is 1. The lowest BCUT2D eigenvalue weighted by Gasteiger charge is -2.35. The van der Waals surface area contributed by atoms with Gasteiger partial charge in [-0.3, -0.25) is 24.5 Å². The SMILES string of the molecule is Cn1ncc2c(N3CCN(CC(=O)Nc4ccc(Cl)c([N+](=O)[O-])c4)CC3)ncnc21. The van der Waals surface area contributed by atoms with Crippen molar-refractivity contribution in [3.63, 3.8) is 0 Å². The number of carbonyl (C=O) groups excluding carboxylic acids is 1. The lowest BCUT2D eigenvalue weighted by atomic mass is 10.2. The summed E-state index contributed by atoms with van der Waals surface area (Å²) >= 11 is 5.80. The van der Waals surface area contributed by atoms with E-state index in [1.807, 2.05) is 11.9 Å². The van der Waals surface area contributed by atoms with Crippen LogP contribution in [0.5, 0.6) is 0 Å². The van der Waals surface area contributed by atoms with Crippen LogP contribution >= 0.6 is 11.6 Å². The third-order valence-electron chi connectivity index (χ3n) is 4.97. The van der Waals surface area contributed by atoms with Gasteiger partial charge in [0.05, 0.1) is 23.1 Å². The van der Waals surface area contributed by atoms with Gasteiger partial charge in [0.25, 0.3) is 5.69 Å². The summed E-state index contributed by atoms with van der Waals surface area (Å²) in [5, 5.41) is 18.9. The van der Waals surface area contributed by atoms with Crippen LogP contribution in [-0.4, -0.2) is 68.2 Å². The second-order valence-corrected chi connectivity index (χ2v) is 7.34. The van der Waals surface area contributed by atoms with E-state index in [1.54, 1.807) is 16.9 Å². The van der Waals surface area contributed by atoms with E-state index < -0.39 is 4.92 Å². The van der Waals surface area contributed by atoms with Gasteiger partial charge in [-0.2, -0.15) is 5.10 Å². The molecule has 0 unspecified atom stereocenters. The molecule has 1 aliphatic heterocycles. The first-order valence-corrected chi connectivity index (χ1v) is 9.64. The Hall–Kier alpha value is -3.31. The van der Waals surface area contributed by atoms with Gasteiger partial charge in [0.1, 0.15) is 17.2 Å². The summed E-state index contributed by atoms with van der Waals surface area (Å²) in [6, 6.07) is 4.20. The predicted octanol–water partition coefficient (Wildman–Crippen LogP) is 1.69. The van der Waals surface area contributed by atoms with Crippen LogP contribution in [0.15, 0.2) is 30.7 Å². The molecule has 1 aliphatic rings. The van der Waals surface area contributed by atoms with Gasteiger partial charge in [0.15, 0.2) is 5.65 Å². The van der Waals surface area contributed by atoms with Crippen molar-refractivity contribution in [1.29, 1.82) is 0 Å². The molecule has 156 valence electrons. The summed E-state index contributed by atoms with van der Waals surface area (Å²) in [5.74, 6) is 0.599. The molecule has 30 heavy (non-hydrogen) atoms. The Morgan fingerprint density at radius 2 is 2.03 bits per heavy atom. The molecule has 0 spiro atoms. The molecule has 2 aromatic heterocycles. The number of benzene rings is 1. The Kier molecular flexibility index (Phi) is 5.46. The number of halogens is 1. The van der Waals surface area contributed by atoms with Crippen molar-refractivity contribution in [2.75, 3.05) is 42.9 Å². The van der Waals surface area contributed by atoms with Crippen LogP contribution in [0.1, 0.15) is 0 Å². The van der Waals surface area contributed by atoms with Gasteiger partial charge in [-0.15, -0.1) is 0 Å². The van der Waals surface area contributed by atoms with Crippen molar-refractivity contribution in [2.45, 2.75) is 0 Å². The van der Waals surface area contributed by atoms with Crippen LogP contribution < -0.4 is 10.2 Å². The topological polar surface area (TPSA) is 122 Å². The van der Waals surface area contributed by atoms with E-state index in [0.29, 0.717) is 31.9 Å². The maximum atomic E-state index is 12.4. The summed E-state index contributed by atoms with van der Waals surface area (Å²) < 4.78 is 1.71. The fourth-order valence-electron chi connectivity index (χ4n) is 3.45. The average molecular weight is 431 g/mol. The number of piperazine rings is 1. The number of nitrogens with one attached hydrogen (secondary N) is 1. The molecule has 1 fully saturated rings. The van der Waals surface area contributed by atoms with Gasteiger partial charge in [0, 0.05) is 45.0 Å². The van der Waals surface area contributed by atoms with E-state index in [-0.39, 0.29) is 23.2 Å². The van der Waals surface area contributed by atoms with Crippen LogP contribution in [0.3, 0.4) is 0 Å². The molecule has 12 heteroatoms. The second-order valence-electron chi connectivity index (χ2n) is 6.94. The van der Waals surface area contributed by atoms with E-state index in [4.69, 9.17) is 11.6 Å². The Balaban J connectivity index is 1.35. The van der Waals surface area contributed by atoms with Gasteiger partial charge in [-0.1, -0.05) is 11.6 Å². The summed E-state index contributed by atoms with van der Waals surface area (Å²) in [6.45, 7) is 2.97. The molecule has 1 saturated heterocycles. The molecular formula is C18H19ClN8O3. The minimum Gasteiger partial charge on any atom is -0.353 e. The van der Waals surface area contributed by atoms with E-state index >= 15 is 0 Å². The molecule has 0 radical (unpaired) electrons. The first-order chi connectivity index (χ1) is 14.4. The number of fused-ring (bicyclic) bond motifs is 1. The largest absolute Gasteiger partial charge is 0.353 e. The molecule has 3 heterocycles. The first kappa shape index (κ1) is 20.0. The zero-order valence-corrected chi connectivity index (χ0v) is 16.9.